The smallest absolute Gasteiger partial charge is 0.274 e. The maximum atomic E-state index is 11.4. The van der Waals surface area contributed by atoms with Gasteiger partial charge in [-0.15, -0.1) is 0 Å². The van der Waals surface area contributed by atoms with Crippen molar-refractivity contribution in [2.24, 2.45) is 0 Å². The molecule has 3 nitrogen and oxygen atoms in total. The summed E-state index contributed by atoms with van der Waals surface area (Å²) >= 11 is 0. The molecule has 0 aliphatic heterocycles. The fourth-order valence-corrected chi connectivity index (χ4v) is 0.691. The molecule has 0 unspecified atom stereocenters. The van der Waals surface area contributed by atoms with Gasteiger partial charge in [-0.05, 0) is 13.0 Å². The number of carbonyl (C=O) groups is 1. The quantitative estimate of drug-likeness (QED) is 0.406. The first-order valence-corrected chi connectivity index (χ1v) is 4.95. The van der Waals surface area contributed by atoms with E-state index in [2.05, 4.69) is 6.58 Å². The van der Waals surface area contributed by atoms with Crippen LogP contribution in [0.1, 0.15) is 20.8 Å². The molecule has 0 aromatic rings. The van der Waals surface area contributed by atoms with E-state index in [0.717, 1.165) is 5.06 Å². The van der Waals surface area contributed by atoms with Crippen LogP contribution in [0.5, 0.6) is 0 Å². The van der Waals surface area contributed by atoms with Crippen molar-refractivity contribution in [3.05, 3.63) is 36.5 Å². The van der Waals surface area contributed by atoms with Crippen LogP contribution in [-0.4, -0.2) is 25.1 Å². The second-order valence-electron chi connectivity index (χ2n) is 2.34. The molecule has 1 amide bonds. The highest BCUT2D eigenvalue weighted by Gasteiger charge is 2.09. The fraction of sp³-hybridized carbons (Fsp3) is 0.417. The molecule has 86 valence electrons. The number of nitrogens with zero attached hydrogens (tertiary/aromatic N) is 1. The van der Waals surface area contributed by atoms with E-state index in [1.165, 1.54) is 13.2 Å². The maximum Gasteiger partial charge on any atom is 0.277 e. The van der Waals surface area contributed by atoms with E-state index >= 15 is 0 Å². The van der Waals surface area contributed by atoms with Gasteiger partial charge in [0.2, 0.25) is 0 Å². The first-order valence-electron chi connectivity index (χ1n) is 4.95. The van der Waals surface area contributed by atoms with Crippen LogP contribution >= 0.6 is 0 Å². The lowest BCUT2D eigenvalue weighted by molar-refractivity contribution is -0.163. The third kappa shape index (κ3) is 6.69. The van der Waals surface area contributed by atoms with Crippen molar-refractivity contribution in [1.82, 2.24) is 5.06 Å². The number of allylic oxidation sites excluding steroid dienone is 3. The Bertz CT molecular complexity index is 242. The van der Waals surface area contributed by atoms with Gasteiger partial charge < -0.3 is 0 Å². The first kappa shape index (κ1) is 16.1. The van der Waals surface area contributed by atoms with Gasteiger partial charge in [0.25, 0.3) is 5.91 Å². The summed E-state index contributed by atoms with van der Waals surface area (Å²) in [7, 11) is 2.99. The van der Waals surface area contributed by atoms with Gasteiger partial charge in [0.1, 0.15) is 0 Å². The summed E-state index contributed by atoms with van der Waals surface area (Å²) in [6.07, 6.45) is 6.80. The third-order valence-corrected chi connectivity index (χ3v) is 1.49. The number of carbonyl (C=O) groups excluding carboxylic acids is 1. The van der Waals surface area contributed by atoms with Gasteiger partial charge in [0.05, 0.1) is 7.11 Å². The maximum absolute atomic E-state index is 11.4. The molecule has 15 heavy (non-hydrogen) atoms. The van der Waals surface area contributed by atoms with E-state index in [1.54, 1.807) is 19.2 Å². The Balaban J connectivity index is 0. The van der Waals surface area contributed by atoms with Crippen LogP contribution in [0.15, 0.2) is 36.5 Å². The molecule has 0 radical (unpaired) electrons. The molecule has 0 rings (SSSR count). The van der Waals surface area contributed by atoms with E-state index in [4.69, 9.17) is 4.84 Å². The molecule has 0 bridgehead atoms. The SMILES string of the molecule is C=C/C(=C\C=C/C)C(=O)N(C)OC.CC. The molecule has 0 spiro atoms. The standard InChI is InChI=1S/C10H15NO2.C2H6/c1-5-7-8-9(6-2)10(12)11(3)13-4;1-2/h5-8H,2H2,1,3-4H3;1-2H3/b7-5-,9-8+;. The molecule has 0 fully saturated rings. The monoisotopic (exact) mass is 211 g/mol. The van der Waals surface area contributed by atoms with Crippen LogP contribution < -0.4 is 0 Å². The van der Waals surface area contributed by atoms with Crippen molar-refractivity contribution in [3.63, 3.8) is 0 Å². The zero-order valence-corrected chi connectivity index (χ0v) is 10.3. The lowest BCUT2D eigenvalue weighted by atomic mass is 10.2. The van der Waals surface area contributed by atoms with Gasteiger partial charge in [0.15, 0.2) is 0 Å². The minimum Gasteiger partial charge on any atom is -0.274 e. The Morgan fingerprint density at radius 2 is 1.93 bits per heavy atom. The van der Waals surface area contributed by atoms with Crippen molar-refractivity contribution in [3.8, 4) is 0 Å². The van der Waals surface area contributed by atoms with Crippen LogP contribution in [-0.2, 0) is 9.63 Å². The summed E-state index contributed by atoms with van der Waals surface area (Å²) in [5, 5.41) is 1.15. The Hall–Kier alpha value is -1.35. The molecule has 3 heteroatoms. The van der Waals surface area contributed by atoms with Gasteiger partial charge >= 0.3 is 0 Å². The Labute approximate surface area is 92.7 Å². The van der Waals surface area contributed by atoms with Crippen LogP contribution in [0.2, 0.25) is 0 Å². The number of rotatable bonds is 4. The summed E-state index contributed by atoms with van der Waals surface area (Å²) in [6.45, 7) is 9.42. The molecule has 0 heterocycles. The zero-order chi connectivity index (χ0) is 12.3. The van der Waals surface area contributed by atoms with Gasteiger partial charge in [0, 0.05) is 12.6 Å². The second-order valence-corrected chi connectivity index (χ2v) is 2.34. The zero-order valence-electron chi connectivity index (χ0n) is 10.3. The number of hydrogen-bond acceptors (Lipinski definition) is 2. The molecule has 0 saturated heterocycles. The summed E-state index contributed by atoms with van der Waals surface area (Å²) in [5.41, 5.74) is 0.502. The van der Waals surface area contributed by atoms with Crippen molar-refractivity contribution < 1.29 is 9.63 Å². The van der Waals surface area contributed by atoms with E-state index in [0.29, 0.717) is 5.57 Å². The highest BCUT2D eigenvalue weighted by molar-refractivity contribution is 5.95. The molecular formula is C12H21NO2. The summed E-state index contributed by atoms with van der Waals surface area (Å²) < 4.78 is 0. The molecule has 0 saturated carbocycles. The van der Waals surface area contributed by atoms with Crippen molar-refractivity contribution in [1.29, 1.82) is 0 Å². The summed E-state index contributed by atoms with van der Waals surface area (Å²) in [4.78, 5) is 16.2. The van der Waals surface area contributed by atoms with E-state index in [-0.39, 0.29) is 5.91 Å². The first-order chi connectivity index (χ1) is 7.17. The predicted octanol–water partition coefficient (Wildman–Crippen LogP) is 2.72. The molecule has 0 atom stereocenters. The number of hydrogen-bond donors (Lipinski definition) is 0. The average Bonchev–Trinajstić information content (AvgIpc) is 2.31. The highest BCUT2D eigenvalue weighted by atomic mass is 16.7. The van der Waals surface area contributed by atoms with E-state index in [9.17, 15) is 4.79 Å². The Kier molecular flexibility index (Phi) is 11.5. The largest absolute Gasteiger partial charge is 0.277 e. The predicted molar refractivity (Wildman–Crippen MR) is 64.2 cm³/mol. The van der Waals surface area contributed by atoms with Crippen molar-refractivity contribution in [2.45, 2.75) is 20.8 Å². The lowest BCUT2D eigenvalue weighted by Crippen LogP contribution is -2.26. The van der Waals surface area contributed by atoms with Crippen molar-refractivity contribution in [2.75, 3.05) is 14.2 Å². The minimum absolute atomic E-state index is 0.212. The fourth-order valence-electron chi connectivity index (χ4n) is 0.691. The van der Waals surface area contributed by atoms with Gasteiger partial charge in [-0.1, -0.05) is 38.7 Å². The number of amides is 1. The number of hydroxylamine groups is 2. The molecule has 0 aliphatic rings. The molecule has 0 aromatic heterocycles. The normalized spacial score (nSPS) is 10.6. The number of likely N-dealkylation sites (N-methyl/N-ethyl adjacent to an activating group) is 1. The van der Waals surface area contributed by atoms with Crippen LogP contribution in [0, 0.1) is 0 Å². The Morgan fingerprint density at radius 1 is 1.40 bits per heavy atom. The Morgan fingerprint density at radius 3 is 2.27 bits per heavy atom. The minimum atomic E-state index is -0.212. The van der Waals surface area contributed by atoms with E-state index in [1.807, 2.05) is 26.8 Å². The van der Waals surface area contributed by atoms with Crippen LogP contribution in [0.25, 0.3) is 0 Å². The third-order valence-electron chi connectivity index (χ3n) is 1.49. The van der Waals surface area contributed by atoms with Gasteiger partial charge in [-0.25, -0.2) is 5.06 Å². The van der Waals surface area contributed by atoms with Gasteiger partial charge in [-0.3, -0.25) is 9.63 Å². The topological polar surface area (TPSA) is 29.5 Å². The van der Waals surface area contributed by atoms with E-state index < -0.39 is 0 Å². The van der Waals surface area contributed by atoms with Crippen LogP contribution in [0.4, 0.5) is 0 Å². The van der Waals surface area contributed by atoms with Gasteiger partial charge in [-0.2, -0.15) is 0 Å². The molecule has 0 aromatic carbocycles. The summed E-state index contributed by atoms with van der Waals surface area (Å²) in [5.74, 6) is -0.212. The second kappa shape index (κ2) is 10.7. The highest BCUT2D eigenvalue weighted by Crippen LogP contribution is 2.01. The average molecular weight is 211 g/mol. The van der Waals surface area contributed by atoms with Crippen molar-refractivity contribution >= 4 is 5.91 Å². The lowest BCUT2D eigenvalue weighted by Gasteiger charge is -2.13. The molecule has 0 aliphatic carbocycles. The molecule has 0 N–H and O–H groups in total. The van der Waals surface area contributed by atoms with Crippen LogP contribution in [0.3, 0.4) is 0 Å². The molecular weight excluding hydrogens is 190 g/mol. The summed E-state index contributed by atoms with van der Waals surface area (Å²) in [6, 6.07) is 0.